The van der Waals surface area contributed by atoms with Crippen molar-refractivity contribution < 1.29 is 0 Å². The molecule has 0 aromatic heterocycles. The van der Waals surface area contributed by atoms with Gasteiger partial charge in [-0.1, -0.05) is 56.5 Å². The minimum Gasteiger partial charge on any atom is -0.313 e. The van der Waals surface area contributed by atoms with Gasteiger partial charge in [-0.2, -0.15) is 0 Å². The lowest BCUT2D eigenvalue weighted by Gasteiger charge is -2.19. The van der Waals surface area contributed by atoms with Crippen molar-refractivity contribution in [3.8, 4) is 0 Å². The van der Waals surface area contributed by atoms with Crippen molar-refractivity contribution in [1.82, 2.24) is 10.2 Å². The minimum absolute atomic E-state index is 0.670. The number of hydrogen-bond donors (Lipinski definition) is 1. The van der Waals surface area contributed by atoms with Crippen LogP contribution in [0.5, 0.6) is 0 Å². The molecule has 21 heavy (non-hydrogen) atoms. The van der Waals surface area contributed by atoms with Crippen LogP contribution in [0.4, 0.5) is 0 Å². The highest BCUT2D eigenvalue weighted by Gasteiger charge is 2.23. The molecule has 1 heterocycles. The SMILES string of the molecule is CCCCCC(C)NCCN1CCC(c2ccccc2)C1. The Bertz CT molecular complexity index is 376. The van der Waals surface area contributed by atoms with E-state index in [0.717, 1.165) is 12.5 Å². The number of unbranched alkanes of at least 4 members (excludes halogenated alkanes) is 2. The molecule has 1 aliphatic heterocycles. The maximum Gasteiger partial charge on any atom is 0.0107 e. The van der Waals surface area contributed by atoms with Crippen LogP contribution in [0.2, 0.25) is 0 Å². The molecule has 2 atom stereocenters. The van der Waals surface area contributed by atoms with Crippen molar-refractivity contribution in [3.05, 3.63) is 35.9 Å². The third kappa shape index (κ3) is 5.80. The predicted octanol–water partition coefficient (Wildman–Crippen LogP) is 4.03. The second-order valence-corrected chi connectivity index (χ2v) is 6.55. The fourth-order valence-corrected chi connectivity index (χ4v) is 3.30. The number of nitrogens with zero attached hydrogens (tertiary/aromatic N) is 1. The van der Waals surface area contributed by atoms with Crippen molar-refractivity contribution in [1.29, 1.82) is 0 Å². The molecule has 0 aliphatic carbocycles. The molecule has 2 rings (SSSR count). The summed E-state index contributed by atoms with van der Waals surface area (Å²) in [4.78, 5) is 2.61. The summed E-state index contributed by atoms with van der Waals surface area (Å²) >= 11 is 0. The molecule has 0 spiro atoms. The van der Waals surface area contributed by atoms with E-state index in [9.17, 15) is 0 Å². The summed E-state index contributed by atoms with van der Waals surface area (Å²) in [7, 11) is 0. The van der Waals surface area contributed by atoms with Gasteiger partial charge in [0.05, 0.1) is 0 Å². The maximum absolute atomic E-state index is 3.68. The Morgan fingerprint density at radius 1 is 1.24 bits per heavy atom. The van der Waals surface area contributed by atoms with Crippen LogP contribution < -0.4 is 5.32 Å². The zero-order chi connectivity index (χ0) is 14.9. The summed E-state index contributed by atoms with van der Waals surface area (Å²) in [5.74, 6) is 0.744. The first kappa shape index (κ1) is 16.5. The lowest BCUT2D eigenvalue weighted by Crippen LogP contribution is -2.35. The van der Waals surface area contributed by atoms with Gasteiger partial charge in [0.25, 0.3) is 0 Å². The van der Waals surface area contributed by atoms with Crippen LogP contribution in [0, 0.1) is 0 Å². The molecule has 0 amide bonds. The topological polar surface area (TPSA) is 15.3 Å². The average Bonchev–Trinajstić information content (AvgIpc) is 2.97. The van der Waals surface area contributed by atoms with E-state index in [2.05, 4.69) is 54.4 Å². The van der Waals surface area contributed by atoms with Gasteiger partial charge >= 0.3 is 0 Å². The Balaban J connectivity index is 1.60. The van der Waals surface area contributed by atoms with Gasteiger partial charge in [0.1, 0.15) is 0 Å². The highest BCUT2D eigenvalue weighted by Crippen LogP contribution is 2.26. The molecule has 2 nitrogen and oxygen atoms in total. The first-order valence-corrected chi connectivity index (χ1v) is 8.80. The molecule has 2 unspecified atom stereocenters. The maximum atomic E-state index is 3.68. The van der Waals surface area contributed by atoms with Crippen molar-refractivity contribution in [2.24, 2.45) is 0 Å². The number of benzene rings is 1. The zero-order valence-corrected chi connectivity index (χ0v) is 13.9. The van der Waals surface area contributed by atoms with E-state index < -0.39 is 0 Å². The van der Waals surface area contributed by atoms with Crippen molar-refractivity contribution in [2.45, 2.75) is 57.9 Å². The molecule has 1 fully saturated rings. The largest absolute Gasteiger partial charge is 0.313 e. The quantitative estimate of drug-likeness (QED) is 0.690. The standard InChI is InChI=1S/C19H32N2/c1-3-4-6-9-17(2)20-13-15-21-14-12-19(16-21)18-10-7-5-8-11-18/h5,7-8,10-11,17,19-20H,3-4,6,9,12-16H2,1-2H3. The molecular formula is C19H32N2. The first-order valence-electron chi connectivity index (χ1n) is 8.80. The van der Waals surface area contributed by atoms with Gasteiger partial charge in [0.2, 0.25) is 0 Å². The third-order valence-corrected chi connectivity index (χ3v) is 4.70. The van der Waals surface area contributed by atoms with E-state index in [1.165, 1.54) is 57.3 Å². The van der Waals surface area contributed by atoms with Gasteiger partial charge in [-0.25, -0.2) is 0 Å². The lowest BCUT2D eigenvalue weighted by molar-refractivity contribution is 0.322. The summed E-state index contributed by atoms with van der Waals surface area (Å²) in [6.07, 6.45) is 6.69. The Kier molecular flexibility index (Phi) is 7.25. The zero-order valence-electron chi connectivity index (χ0n) is 13.9. The van der Waals surface area contributed by atoms with Gasteiger partial charge in [-0.05, 0) is 37.8 Å². The molecule has 1 saturated heterocycles. The Hall–Kier alpha value is -0.860. The summed E-state index contributed by atoms with van der Waals surface area (Å²) in [5, 5.41) is 3.68. The number of nitrogens with one attached hydrogen (secondary N) is 1. The van der Waals surface area contributed by atoms with Gasteiger partial charge in [0.15, 0.2) is 0 Å². The van der Waals surface area contributed by atoms with Crippen LogP contribution in [0.25, 0.3) is 0 Å². The van der Waals surface area contributed by atoms with Crippen LogP contribution in [0.15, 0.2) is 30.3 Å². The van der Waals surface area contributed by atoms with Crippen LogP contribution in [-0.2, 0) is 0 Å². The predicted molar refractivity (Wildman–Crippen MR) is 91.8 cm³/mol. The molecule has 0 saturated carbocycles. The van der Waals surface area contributed by atoms with E-state index in [4.69, 9.17) is 0 Å². The fourth-order valence-electron chi connectivity index (χ4n) is 3.30. The van der Waals surface area contributed by atoms with Crippen LogP contribution in [0.1, 0.15) is 57.4 Å². The van der Waals surface area contributed by atoms with E-state index in [0.29, 0.717) is 6.04 Å². The van der Waals surface area contributed by atoms with E-state index in [1.807, 2.05) is 0 Å². The number of hydrogen-bond acceptors (Lipinski definition) is 2. The summed E-state index contributed by atoms with van der Waals surface area (Å²) in [6.45, 7) is 9.42. The second kappa shape index (κ2) is 9.22. The highest BCUT2D eigenvalue weighted by atomic mass is 15.2. The minimum atomic E-state index is 0.670. The molecule has 0 radical (unpaired) electrons. The number of likely N-dealkylation sites (tertiary alicyclic amines) is 1. The van der Waals surface area contributed by atoms with Crippen LogP contribution >= 0.6 is 0 Å². The van der Waals surface area contributed by atoms with E-state index in [-0.39, 0.29) is 0 Å². The molecule has 1 aromatic carbocycles. The highest BCUT2D eigenvalue weighted by molar-refractivity contribution is 5.20. The average molecular weight is 288 g/mol. The summed E-state index contributed by atoms with van der Waals surface area (Å²) in [6, 6.07) is 11.7. The third-order valence-electron chi connectivity index (χ3n) is 4.70. The smallest absolute Gasteiger partial charge is 0.0107 e. The van der Waals surface area contributed by atoms with Gasteiger partial charge < -0.3 is 10.2 Å². The number of rotatable bonds is 9. The van der Waals surface area contributed by atoms with Gasteiger partial charge in [-0.3, -0.25) is 0 Å². The second-order valence-electron chi connectivity index (χ2n) is 6.55. The van der Waals surface area contributed by atoms with Crippen LogP contribution in [0.3, 0.4) is 0 Å². The molecule has 1 aromatic rings. The molecule has 1 N–H and O–H groups in total. The Labute approximate surface area is 130 Å². The molecule has 118 valence electrons. The van der Waals surface area contributed by atoms with E-state index >= 15 is 0 Å². The summed E-state index contributed by atoms with van der Waals surface area (Å²) < 4.78 is 0. The van der Waals surface area contributed by atoms with E-state index in [1.54, 1.807) is 0 Å². The fraction of sp³-hybridized carbons (Fsp3) is 0.684. The normalized spacial score (nSPS) is 20.8. The summed E-state index contributed by atoms with van der Waals surface area (Å²) in [5.41, 5.74) is 1.51. The van der Waals surface area contributed by atoms with Crippen LogP contribution in [-0.4, -0.2) is 37.1 Å². The van der Waals surface area contributed by atoms with Crippen molar-refractivity contribution >= 4 is 0 Å². The molecule has 0 bridgehead atoms. The molecule has 2 heteroatoms. The monoisotopic (exact) mass is 288 g/mol. The lowest BCUT2D eigenvalue weighted by atomic mass is 9.99. The molecular weight excluding hydrogens is 256 g/mol. The Morgan fingerprint density at radius 2 is 2.05 bits per heavy atom. The molecule has 1 aliphatic rings. The van der Waals surface area contributed by atoms with Gasteiger partial charge in [-0.15, -0.1) is 0 Å². The van der Waals surface area contributed by atoms with Gasteiger partial charge in [0, 0.05) is 25.7 Å². The van der Waals surface area contributed by atoms with Crippen molar-refractivity contribution in [3.63, 3.8) is 0 Å². The Morgan fingerprint density at radius 3 is 2.81 bits per heavy atom. The van der Waals surface area contributed by atoms with Crippen molar-refractivity contribution in [2.75, 3.05) is 26.2 Å². The first-order chi connectivity index (χ1) is 10.3.